The average molecular weight is 228 g/mol. The first-order valence-electron chi connectivity index (χ1n) is 5.68. The van der Waals surface area contributed by atoms with E-state index in [4.69, 9.17) is 0 Å². The Morgan fingerprint density at radius 2 is 1.65 bits per heavy atom. The first-order valence-corrected chi connectivity index (χ1v) is 5.68. The predicted molar refractivity (Wildman–Crippen MR) is 71.2 cm³/mol. The van der Waals surface area contributed by atoms with Crippen molar-refractivity contribution in [1.29, 1.82) is 0 Å². The Hall–Kier alpha value is -2.16. The molecule has 2 aromatic rings. The number of phenolic OH excluding ortho intramolecular Hbond substituents is 1. The maximum atomic E-state index is 9.81. The van der Waals surface area contributed by atoms with Crippen LogP contribution < -0.4 is 10.4 Å². The number of para-hydroxylation sites is 3. The molecular weight excluding hydrogens is 212 g/mol. The SMILES string of the molecule is CCN(Nc1ccccc1)c1ccccc1O. The Morgan fingerprint density at radius 1 is 1.00 bits per heavy atom. The van der Waals surface area contributed by atoms with Crippen molar-refractivity contribution in [1.82, 2.24) is 0 Å². The number of hydrogen-bond acceptors (Lipinski definition) is 3. The van der Waals surface area contributed by atoms with Gasteiger partial charge in [-0.15, -0.1) is 0 Å². The number of hydrazine groups is 1. The van der Waals surface area contributed by atoms with Crippen molar-refractivity contribution < 1.29 is 5.11 Å². The third-order valence-electron chi connectivity index (χ3n) is 2.53. The summed E-state index contributed by atoms with van der Waals surface area (Å²) >= 11 is 0. The lowest BCUT2D eigenvalue weighted by molar-refractivity contribution is 0.475. The molecule has 0 aromatic heterocycles. The summed E-state index contributed by atoms with van der Waals surface area (Å²) in [6.45, 7) is 2.79. The van der Waals surface area contributed by atoms with Crippen LogP contribution in [0.1, 0.15) is 6.92 Å². The number of rotatable bonds is 4. The van der Waals surface area contributed by atoms with Gasteiger partial charge in [0.25, 0.3) is 0 Å². The highest BCUT2D eigenvalue weighted by molar-refractivity contribution is 5.61. The normalized spacial score (nSPS) is 9.94. The zero-order chi connectivity index (χ0) is 12.1. The van der Waals surface area contributed by atoms with Crippen molar-refractivity contribution in [2.24, 2.45) is 0 Å². The summed E-state index contributed by atoms with van der Waals surface area (Å²) in [5.74, 6) is 0.276. The Morgan fingerprint density at radius 3 is 2.29 bits per heavy atom. The van der Waals surface area contributed by atoms with Crippen molar-refractivity contribution >= 4 is 11.4 Å². The molecule has 0 spiro atoms. The van der Waals surface area contributed by atoms with Crippen LogP contribution in [0.25, 0.3) is 0 Å². The minimum atomic E-state index is 0.276. The number of aromatic hydroxyl groups is 1. The zero-order valence-corrected chi connectivity index (χ0v) is 9.80. The molecule has 0 aliphatic rings. The van der Waals surface area contributed by atoms with Crippen LogP contribution in [0.5, 0.6) is 5.75 Å². The van der Waals surface area contributed by atoms with E-state index in [0.29, 0.717) is 0 Å². The van der Waals surface area contributed by atoms with Gasteiger partial charge >= 0.3 is 0 Å². The molecule has 0 unspecified atom stereocenters. The minimum Gasteiger partial charge on any atom is -0.506 e. The summed E-state index contributed by atoms with van der Waals surface area (Å²) in [6, 6.07) is 17.2. The lowest BCUT2D eigenvalue weighted by Crippen LogP contribution is -2.29. The third-order valence-corrected chi connectivity index (χ3v) is 2.53. The summed E-state index contributed by atoms with van der Waals surface area (Å²) in [4.78, 5) is 0. The molecule has 0 bridgehead atoms. The number of nitrogens with zero attached hydrogens (tertiary/aromatic N) is 1. The maximum absolute atomic E-state index is 9.81. The van der Waals surface area contributed by atoms with Gasteiger partial charge in [0.1, 0.15) is 5.75 Å². The van der Waals surface area contributed by atoms with Gasteiger partial charge in [-0.25, -0.2) is 0 Å². The molecule has 0 amide bonds. The number of nitrogens with one attached hydrogen (secondary N) is 1. The molecule has 0 atom stereocenters. The van der Waals surface area contributed by atoms with Crippen molar-refractivity contribution in [3.8, 4) is 5.75 Å². The molecule has 0 saturated carbocycles. The van der Waals surface area contributed by atoms with Crippen LogP contribution in [-0.4, -0.2) is 11.7 Å². The maximum Gasteiger partial charge on any atom is 0.140 e. The Balaban J connectivity index is 2.21. The molecule has 17 heavy (non-hydrogen) atoms. The topological polar surface area (TPSA) is 35.5 Å². The Kier molecular flexibility index (Phi) is 3.50. The van der Waals surface area contributed by atoms with Gasteiger partial charge in [0.2, 0.25) is 0 Å². The molecule has 88 valence electrons. The van der Waals surface area contributed by atoms with E-state index in [1.54, 1.807) is 6.07 Å². The van der Waals surface area contributed by atoms with Gasteiger partial charge < -0.3 is 5.11 Å². The molecular formula is C14H16N2O. The van der Waals surface area contributed by atoms with Gasteiger partial charge in [0, 0.05) is 6.54 Å². The summed E-state index contributed by atoms with van der Waals surface area (Å²) in [6.07, 6.45) is 0. The Labute approximate surface area is 101 Å². The first-order chi connectivity index (χ1) is 8.31. The second kappa shape index (κ2) is 5.25. The highest BCUT2D eigenvalue weighted by atomic mass is 16.3. The molecule has 3 nitrogen and oxygen atoms in total. The second-order valence-electron chi connectivity index (χ2n) is 3.71. The van der Waals surface area contributed by atoms with E-state index in [1.807, 2.05) is 60.5 Å². The van der Waals surface area contributed by atoms with Gasteiger partial charge in [0.15, 0.2) is 0 Å². The predicted octanol–water partition coefficient (Wildman–Crippen LogP) is 3.25. The third kappa shape index (κ3) is 2.69. The van der Waals surface area contributed by atoms with E-state index in [2.05, 4.69) is 5.43 Å². The van der Waals surface area contributed by atoms with E-state index < -0.39 is 0 Å². The van der Waals surface area contributed by atoms with Crippen LogP contribution >= 0.6 is 0 Å². The van der Waals surface area contributed by atoms with Crippen LogP contribution in [0.2, 0.25) is 0 Å². The fourth-order valence-electron chi connectivity index (χ4n) is 1.67. The van der Waals surface area contributed by atoms with Crippen molar-refractivity contribution in [2.45, 2.75) is 6.92 Å². The van der Waals surface area contributed by atoms with Gasteiger partial charge in [-0.1, -0.05) is 30.3 Å². The smallest absolute Gasteiger partial charge is 0.140 e. The van der Waals surface area contributed by atoms with Crippen molar-refractivity contribution in [3.63, 3.8) is 0 Å². The van der Waals surface area contributed by atoms with Gasteiger partial charge in [-0.2, -0.15) is 0 Å². The van der Waals surface area contributed by atoms with Crippen LogP contribution in [0.3, 0.4) is 0 Å². The zero-order valence-electron chi connectivity index (χ0n) is 9.80. The van der Waals surface area contributed by atoms with Gasteiger partial charge in [-0.05, 0) is 31.2 Å². The lowest BCUT2D eigenvalue weighted by Gasteiger charge is -2.25. The first kappa shape index (κ1) is 11.3. The molecule has 0 aliphatic carbocycles. The van der Waals surface area contributed by atoms with E-state index in [1.165, 1.54) is 0 Å². The summed E-state index contributed by atoms with van der Waals surface area (Å²) in [5.41, 5.74) is 5.03. The van der Waals surface area contributed by atoms with Crippen LogP contribution in [0, 0.1) is 0 Å². The average Bonchev–Trinajstić information content (AvgIpc) is 2.38. The summed E-state index contributed by atoms with van der Waals surface area (Å²) < 4.78 is 0. The molecule has 0 fully saturated rings. The highest BCUT2D eigenvalue weighted by Gasteiger charge is 2.07. The molecule has 0 heterocycles. The van der Waals surface area contributed by atoms with Crippen LogP contribution in [0.15, 0.2) is 54.6 Å². The lowest BCUT2D eigenvalue weighted by atomic mass is 10.3. The number of phenols is 1. The largest absolute Gasteiger partial charge is 0.506 e. The molecule has 2 N–H and O–H groups in total. The number of anilines is 2. The number of hydrogen-bond donors (Lipinski definition) is 2. The van der Waals surface area contributed by atoms with Crippen molar-refractivity contribution in [2.75, 3.05) is 17.0 Å². The van der Waals surface area contributed by atoms with Crippen molar-refractivity contribution in [3.05, 3.63) is 54.6 Å². The standard InChI is InChI=1S/C14H16N2O/c1-2-16(13-10-6-7-11-14(13)17)15-12-8-4-3-5-9-12/h3-11,15,17H,2H2,1H3. The fraction of sp³-hybridized carbons (Fsp3) is 0.143. The summed E-state index contributed by atoms with van der Waals surface area (Å²) in [7, 11) is 0. The number of benzene rings is 2. The van der Waals surface area contributed by atoms with E-state index >= 15 is 0 Å². The molecule has 2 rings (SSSR count). The van der Waals surface area contributed by atoms with E-state index in [9.17, 15) is 5.11 Å². The molecule has 0 aliphatic heterocycles. The summed E-state index contributed by atoms with van der Waals surface area (Å²) in [5, 5.41) is 11.7. The van der Waals surface area contributed by atoms with E-state index in [0.717, 1.165) is 17.9 Å². The monoisotopic (exact) mass is 228 g/mol. The van der Waals surface area contributed by atoms with E-state index in [-0.39, 0.29) is 5.75 Å². The van der Waals surface area contributed by atoms with Gasteiger partial charge in [-0.3, -0.25) is 10.4 Å². The quantitative estimate of drug-likeness (QED) is 0.788. The minimum absolute atomic E-state index is 0.276. The van der Waals surface area contributed by atoms with Crippen LogP contribution in [-0.2, 0) is 0 Å². The molecule has 0 radical (unpaired) electrons. The van der Waals surface area contributed by atoms with Crippen LogP contribution in [0.4, 0.5) is 11.4 Å². The van der Waals surface area contributed by atoms with Gasteiger partial charge in [0.05, 0.1) is 11.4 Å². The molecule has 0 saturated heterocycles. The highest BCUT2D eigenvalue weighted by Crippen LogP contribution is 2.26. The fourth-order valence-corrected chi connectivity index (χ4v) is 1.67. The Bertz CT molecular complexity index is 471. The second-order valence-corrected chi connectivity index (χ2v) is 3.71. The molecule has 3 heteroatoms. The molecule has 2 aromatic carbocycles.